The molecule has 0 N–H and O–H groups in total. The second-order valence-electron chi connectivity index (χ2n) is 3.79. The Morgan fingerprint density at radius 3 is 2.59 bits per heavy atom. The van der Waals surface area contributed by atoms with E-state index in [4.69, 9.17) is 10.00 Å². The molecule has 4 nitrogen and oxygen atoms in total. The normalized spacial score (nSPS) is 9.94. The molecule has 1 aromatic heterocycles. The number of benzene rings is 1. The molecule has 86 valence electrons. The Bertz CT molecular complexity index is 549. The van der Waals surface area contributed by atoms with E-state index in [1.807, 2.05) is 31.2 Å². The molecule has 0 fully saturated rings. The fourth-order valence-corrected chi connectivity index (χ4v) is 1.63. The van der Waals surface area contributed by atoms with Crippen LogP contribution in [0.4, 0.5) is 0 Å². The topological polar surface area (TPSA) is 50.8 Å². The third-order valence-corrected chi connectivity index (χ3v) is 2.57. The van der Waals surface area contributed by atoms with Crippen LogP contribution in [0, 0.1) is 18.3 Å². The van der Waals surface area contributed by atoms with Crippen LogP contribution in [0.3, 0.4) is 0 Å². The van der Waals surface area contributed by atoms with Crippen LogP contribution in [0.25, 0.3) is 0 Å². The molecule has 2 aromatic rings. The molecule has 0 aliphatic rings. The molecule has 0 spiro atoms. The van der Waals surface area contributed by atoms with Gasteiger partial charge in [0.25, 0.3) is 0 Å². The summed E-state index contributed by atoms with van der Waals surface area (Å²) in [7, 11) is 1.64. The number of nitrogens with zero attached hydrogens (tertiary/aromatic N) is 3. The number of nitriles is 1. The number of hydrogen-bond acceptors (Lipinski definition) is 3. The maximum Gasteiger partial charge on any atom is 0.118 e. The van der Waals surface area contributed by atoms with Crippen molar-refractivity contribution in [1.82, 2.24) is 9.78 Å². The van der Waals surface area contributed by atoms with Gasteiger partial charge in [0.15, 0.2) is 0 Å². The first-order valence-corrected chi connectivity index (χ1v) is 5.30. The molecule has 0 radical (unpaired) electrons. The molecule has 0 aliphatic carbocycles. The Kier molecular flexibility index (Phi) is 3.10. The van der Waals surface area contributed by atoms with Gasteiger partial charge >= 0.3 is 0 Å². The summed E-state index contributed by atoms with van der Waals surface area (Å²) in [5.41, 5.74) is 2.51. The van der Waals surface area contributed by atoms with Crippen molar-refractivity contribution in [3.8, 4) is 11.8 Å². The molecule has 0 saturated carbocycles. The van der Waals surface area contributed by atoms with Gasteiger partial charge in [-0.25, -0.2) is 0 Å². The van der Waals surface area contributed by atoms with Gasteiger partial charge < -0.3 is 4.74 Å². The minimum atomic E-state index is 0.624. The average molecular weight is 227 g/mol. The van der Waals surface area contributed by atoms with Crippen LogP contribution in [-0.2, 0) is 6.54 Å². The second-order valence-corrected chi connectivity index (χ2v) is 3.79. The lowest BCUT2D eigenvalue weighted by Crippen LogP contribution is -2.00. The summed E-state index contributed by atoms with van der Waals surface area (Å²) in [6.45, 7) is 2.50. The fourth-order valence-electron chi connectivity index (χ4n) is 1.63. The summed E-state index contributed by atoms with van der Waals surface area (Å²) < 4.78 is 6.87. The lowest BCUT2D eigenvalue weighted by molar-refractivity contribution is 0.414. The number of hydrogen-bond donors (Lipinski definition) is 0. The van der Waals surface area contributed by atoms with E-state index in [0.29, 0.717) is 12.1 Å². The average Bonchev–Trinajstić information content (AvgIpc) is 2.70. The molecule has 17 heavy (non-hydrogen) atoms. The summed E-state index contributed by atoms with van der Waals surface area (Å²) in [4.78, 5) is 0. The molecule has 0 saturated heterocycles. The monoisotopic (exact) mass is 227 g/mol. The van der Waals surface area contributed by atoms with Gasteiger partial charge in [0.1, 0.15) is 11.8 Å². The van der Waals surface area contributed by atoms with Gasteiger partial charge in [-0.3, -0.25) is 4.68 Å². The van der Waals surface area contributed by atoms with E-state index in [9.17, 15) is 0 Å². The zero-order chi connectivity index (χ0) is 12.3. The van der Waals surface area contributed by atoms with Crippen LogP contribution in [0.1, 0.15) is 16.8 Å². The minimum absolute atomic E-state index is 0.624. The summed E-state index contributed by atoms with van der Waals surface area (Å²) in [6, 6.07) is 9.92. The Morgan fingerprint density at radius 2 is 2.06 bits per heavy atom. The van der Waals surface area contributed by atoms with Gasteiger partial charge in [0.2, 0.25) is 0 Å². The highest BCUT2D eigenvalue weighted by Gasteiger charge is 2.04. The highest BCUT2D eigenvalue weighted by Crippen LogP contribution is 2.13. The van der Waals surface area contributed by atoms with Crippen molar-refractivity contribution in [2.24, 2.45) is 0 Å². The molecule has 0 atom stereocenters. The van der Waals surface area contributed by atoms with Crippen molar-refractivity contribution < 1.29 is 4.74 Å². The molecule has 0 unspecified atom stereocenters. The molecule has 0 aliphatic heterocycles. The van der Waals surface area contributed by atoms with Gasteiger partial charge in [-0.05, 0) is 24.6 Å². The smallest absolute Gasteiger partial charge is 0.118 e. The van der Waals surface area contributed by atoms with E-state index >= 15 is 0 Å². The largest absolute Gasteiger partial charge is 0.497 e. The number of methoxy groups -OCH3 is 1. The second kappa shape index (κ2) is 4.71. The number of rotatable bonds is 3. The van der Waals surface area contributed by atoms with Crippen LogP contribution < -0.4 is 4.74 Å². The third-order valence-electron chi connectivity index (χ3n) is 2.57. The first kappa shape index (κ1) is 11.2. The van der Waals surface area contributed by atoms with E-state index in [1.54, 1.807) is 18.0 Å². The van der Waals surface area contributed by atoms with Crippen molar-refractivity contribution in [2.45, 2.75) is 13.5 Å². The van der Waals surface area contributed by atoms with E-state index in [-0.39, 0.29) is 0 Å². The number of aromatic nitrogens is 2. The Labute approximate surface area is 100 Å². The van der Waals surface area contributed by atoms with Crippen LogP contribution in [0.2, 0.25) is 0 Å². The van der Waals surface area contributed by atoms with Crippen LogP contribution in [0.5, 0.6) is 5.75 Å². The van der Waals surface area contributed by atoms with Crippen LogP contribution in [-0.4, -0.2) is 16.9 Å². The van der Waals surface area contributed by atoms with Gasteiger partial charge in [0.05, 0.1) is 24.9 Å². The molecule has 2 rings (SSSR count). The van der Waals surface area contributed by atoms with E-state index in [1.165, 1.54) is 0 Å². The molecule has 1 aromatic carbocycles. The van der Waals surface area contributed by atoms with E-state index in [0.717, 1.165) is 17.0 Å². The molecule has 0 bridgehead atoms. The maximum atomic E-state index is 8.85. The Morgan fingerprint density at radius 1 is 1.35 bits per heavy atom. The molecule has 1 heterocycles. The minimum Gasteiger partial charge on any atom is -0.497 e. The SMILES string of the molecule is COc1ccc(Cn2cc(C#N)c(C)n2)cc1. The quantitative estimate of drug-likeness (QED) is 0.807. The molecular weight excluding hydrogens is 214 g/mol. The highest BCUT2D eigenvalue weighted by molar-refractivity contribution is 5.31. The van der Waals surface area contributed by atoms with Gasteiger partial charge in [-0.15, -0.1) is 0 Å². The van der Waals surface area contributed by atoms with Gasteiger partial charge in [-0.1, -0.05) is 12.1 Å². The van der Waals surface area contributed by atoms with E-state index < -0.39 is 0 Å². The van der Waals surface area contributed by atoms with Crippen molar-refractivity contribution in [3.63, 3.8) is 0 Å². The predicted octanol–water partition coefficient (Wildman–Crippen LogP) is 2.12. The first-order chi connectivity index (χ1) is 8.22. The van der Waals surface area contributed by atoms with Gasteiger partial charge in [-0.2, -0.15) is 10.4 Å². The Balaban J connectivity index is 2.17. The highest BCUT2D eigenvalue weighted by atomic mass is 16.5. The zero-order valence-corrected chi connectivity index (χ0v) is 9.84. The number of ether oxygens (including phenoxy) is 1. The summed E-state index contributed by atoms with van der Waals surface area (Å²) in [6.07, 6.45) is 1.76. The number of aryl methyl sites for hydroxylation is 1. The van der Waals surface area contributed by atoms with E-state index in [2.05, 4.69) is 11.2 Å². The molecule has 0 amide bonds. The molecule has 4 heteroatoms. The standard InChI is InChI=1S/C13H13N3O/c1-10-12(7-14)9-16(15-10)8-11-3-5-13(17-2)6-4-11/h3-6,9H,8H2,1-2H3. The summed E-state index contributed by atoms with van der Waals surface area (Å²) >= 11 is 0. The zero-order valence-electron chi connectivity index (χ0n) is 9.84. The summed E-state index contributed by atoms with van der Waals surface area (Å²) in [5.74, 6) is 0.836. The van der Waals surface area contributed by atoms with Gasteiger partial charge in [0, 0.05) is 6.20 Å². The van der Waals surface area contributed by atoms with Crippen molar-refractivity contribution in [2.75, 3.05) is 7.11 Å². The Hall–Kier alpha value is -2.28. The van der Waals surface area contributed by atoms with Crippen LogP contribution in [0.15, 0.2) is 30.5 Å². The molecular formula is C13H13N3O. The van der Waals surface area contributed by atoms with Crippen LogP contribution >= 0.6 is 0 Å². The lowest BCUT2D eigenvalue weighted by Gasteiger charge is -2.03. The lowest BCUT2D eigenvalue weighted by atomic mass is 10.2. The maximum absolute atomic E-state index is 8.85. The summed E-state index contributed by atoms with van der Waals surface area (Å²) in [5, 5.41) is 13.1. The predicted molar refractivity (Wildman–Crippen MR) is 63.8 cm³/mol. The van der Waals surface area contributed by atoms with Crippen molar-refractivity contribution in [3.05, 3.63) is 47.3 Å². The third kappa shape index (κ3) is 2.45. The van der Waals surface area contributed by atoms with Crippen molar-refractivity contribution >= 4 is 0 Å². The fraction of sp³-hybridized carbons (Fsp3) is 0.231. The first-order valence-electron chi connectivity index (χ1n) is 5.30. The van der Waals surface area contributed by atoms with Crippen molar-refractivity contribution in [1.29, 1.82) is 5.26 Å².